The Bertz CT molecular complexity index is 975. The molecule has 2 aromatic heterocycles. The number of urea groups is 1. The Morgan fingerprint density at radius 3 is 2.89 bits per heavy atom. The molecule has 3 heterocycles. The van der Waals surface area contributed by atoms with Gasteiger partial charge in [-0.15, -0.1) is 0 Å². The zero-order valence-corrected chi connectivity index (χ0v) is 15.5. The molecule has 0 spiro atoms. The molecule has 2 N–H and O–H groups in total. The van der Waals surface area contributed by atoms with Crippen molar-refractivity contribution in [3.8, 4) is 5.69 Å². The van der Waals surface area contributed by atoms with E-state index < -0.39 is 0 Å². The molecule has 0 aliphatic carbocycles. The summed E-state index contributed by atoms with van der Waals surface area (Å²) < 4.78 is 15.7. The molecule has 8 heteroatoms. The molecule has 3 aromatic rings. The molecule has 1 aliphatic rings. The van der Waals surface area contributed by atoms with Crippen LogP contribution in [0.3, 0.4) is 0 Å². The summed E-state index contributed by atoms with van der Waals surface area (Å²) in [5, 5.41) is 10.0. The van der Waals surface area contributed by atoms with Crippen LogP contribution in [0.25, 0.3) is 5.69 Å². The predicted molar refractivity (Wildman–Crippen MR) is 105 cm³/mol. The van der Waals surface area contributed by atoms with Crippen molar-refractivity contribution in [2.45, 2.75) is 19.4 Å². The van der Waals surface area contributed by atoms with Gasteiger partial charge >= 0.3 is 6.03 Å². The molecule has 2 amide bonds. The second-order valence-electron chi connectivity index (χ2n) is 6.79. The van der Waals surface area contributed by atoms with E-state index in [9.17, 15) is 9.18 Å². The number of aromatic nitrogens is 3. The summed E-state index contributed by atoms with van der Waals surface area (Å²) in [6.07, 6.45) is 5.89. The highest BCUT2D eigenvalue weighted by Crippen LogP contribution is 2.22. The van der Waals surface area contributed by atoms with Gasteiger partial charge in [-0.3, -0.25) is 0 Å². The van der Waals surface area contributed by atoms with Crippen LogP contribution in [0.15, 0.2) is 55.0 Å². The molecule has 1 aromatic carbocycles. The number of halogens is 1. The zero-order chi connectivity index (χ0) is 19.5. The van der Waals surface area contributed by atoms with Crippen molar-refractivity contribution >= 4 is 17.5 Å². The van der Waals surface area contributed by atoms with Gasteiger partial charge in [0.1, 0.15) is 0 Å². The fourth-order valence-electron chi connectivity index (χ4n) is 3.38. The van der Waals surface area contributed by atoms with Crippen molar-refractivity contribution in [1.82, 2.24) is 20.1 Å². The number of benzene rings is 1. The fraction of sp³-hybridized carbons (Fsp3) is 0.250. The first-order chi connectivity index (χ1) is 13.6. The largest absolute Gasteiger partial charge is 0.352 e. The Labute approximate surface area is 162 Å². The number of anilines is 2. The molecule has 0 radical (unpaired) electrons. The van der Waals surface area contributed by atoms with Gasteiger partial charge in [0, 0.05) is 43.4 Å². The van der Waals surface area contributed by atoms with Crippen molar-refractivity contribution in [3.05, 3.63) is 66.4 Å². The summed E-state index contributed by atoms with van der Waals surface area (Å²) in [5.41, 5.74) is 2.60. The molecule has 4 rings (SSSR count). The lowest BCUT2D eigenvalue weighted by atomic mass is 10.2. The molecule has 1 atom stereocenters. The Morgan fingerprint density at radius 1 is 1.25 bits per heavy atom. The highest BCUT2D eigenvalue weighted by molar-refractivity contribution is 5.90. The maximum absolute atomic E-state index is 13.9. The topological polar surface area (TPSA) is 75.1 Å². The Hall–Kier alpha value is -3.42. The van der Waals surface area contributed by atoms with E-state index in [2.05, 4.69) is 20.7 Å². The standard InChI is InChI=1S/C20H21FN6O/c1-14-12-16(27-10-3-9-23-27)5-6-18(14)25-20(28)24-15-7-11-26(13-15)19-17(21)4-2-8-22-19/h2-6,8-10,12,15H,7,11,13H2,1H3,(H2,24,25,28)/t15-/m1/s1. The number of nitrogens with one attached hydrogen (secondary N) is 2. The highest BCUT2D eigenvalue weighted by Gasteiger charge is 2.26. The summed E-state index contributed by atoms with van der Waals surface area (Å²) in [6, 6.07) is 10.2. The minimum absolute atomic E-state index is 0.0648. The van der Waals surface area contributed by atoms with Crippen molar-refractivity contribution in [3.63, 3.8) is 0 Å². The van der Waals surface area contributed by atoms with Gasteiger partial charge in [0.15, 0.2) is 11.6 Å². The van der Waals surface area contributed by atoms with Gasteiger partial charge in [-0.2, -0.15) is 5.10 Å². The maximum Gasteiger partial charge on any atom is 0.319 e. The van der Waals surface area contributed by atoms with Crippen LogP contribution < -0.4 is 15.5 Å². The number of nitrogens with zero attached hydrogens (tertiary/aromatic N) is 4. The number of aryl methyl sites for hydroxylation is 1. The quantitative estimate of drug-likeness (QED) is 0.729. The van der Waals surface area contributed by atoms with Gasteiger partial charge < -0.3 is 15.5 Å². The number of hydrogen-bond donors (Lipinski definition) is 2. The maximum atomic E-state index is 13.9. The smallest absolute Gasteiger partial charge is 0.319 e. The lowest BCUT2D eigenvalue weighted by Crippen LogP contribution is -2.40. The van der Waals surface area contributed by atoms with Crippen LogP contribution in [0, 0.1) is 12.7 Å². The minimum atomic E-state index is -0.347. The Morgan fingerprint density at radius 2 is 2.14 bits per heavy atom. The van der Waals surface area contributed by atoms with Gasteiger partial charge in [0.05, 0.1) is 5.69 Å². The molecule has 0 unspecified atom stereocenters. The van der Waals surface area contributed by atoms with E-state index in [1.807, 2.05) is 42.3 Å². The van der Waals surface area contributed by atoms with E-state index in [1.54, 1.807) is 23.1 Å². The SMILES string of the molecule is Cc1cc(-n2cccn2)ccc1NC(=O)N[C@@H]1CCN(c2ncccc2F)C1. The van der Waals surface area contributed by atoms with Crippen molar-refractivity contribution in [2.75, 3.05) is 23.3 Å². The summed E-state index contributed by atoms with van der Waals surface area (Å²) in [7, 11) is 0. The third kappa shape index (κ3) is 3.80. The second kappa shape index (κ2) is 7.67. The monoisotopic (exact) mass is 380 g/mol. The third-order valence-corrected chi connectivity index (χ3v) is 4.79. The van der Waals surface area contributed by atoms with Gasteiger partial charge in [0.2, 0.25) is 0 Å². The lowest BCUT2D eigenvalue weighted by Gasteiger charge is -2.18. The van der Waals surface area contributed by atoms with E-state index in [0.717, 1.165) is 23.4 Å². The molecule has 0 bridgehead atoms. The fourth-order valence-corrected chi connectivity index (χ4v) is 3.38. The zero-order valence-electron chi connectivity index (χ0n) is 15.5. The summed E-state index contributed by atoms with van der Waals surface area (Å²) in [6.45, 7) is 3.11. The van der Waals surface area contributed by atoms with Gasteiger partial charge in [-0.25, -0.2) is 18.9 Å². The van der Waals surface area contributed by atoms with Crippen molar-refractivity contribution in [2.24, 2.45) is 0 Å². The Balaban J connectivity index is 1.35. The second-order valence-corrected chi connectivity index (χ2v) is 6.79. The molecular weight excluding hydrogens is 359 g/mol. The van der Waals surface area contributed by atoms with Crippen molar-refractivity contribution in [1.29, 1.82) is 0 Å². The molecule has 0 saturated carbocycles. The number of carbonyl (C=O) groups excluding carboxylic acids is 1. The molecule has 144 valence electrons. The molecular formula is C20H21FN6O. The first-order valence-electron chi connectivity index (χ1n) is 9.14. The number of rotatable bonds is 4. The Kier molecular flexibility index (Phi) is 4.92. The number of pyridine rings is 1. The molecule has 1 saturated heterocycles. The number of amides is 2. The first-order valence-corrected chi connectivity index (χ1v) is 9.14. The van der Waals surface area contributed by atoms with Crippen LogP contribution in [-0.2, 0) is 0 Å². The predicted octanol–water partition coefficient (Wildman–Crippen LogP) is 3.12. The van der Waals surface area contributed by atoms with E-state index in [-0.39, 0.29) is 17.9 Å². The number of hydrogen-bond acceptors (Lipinski definition) is 4. The lowest BCUT2D eigenvalue weighted by molar-refractivity contribution is 0.249. The van der Waals surface area contributed by atoms with Gasteiger partial charge in [-0.1, -0.05) is 0 Å². The van der Waals surface area contributed by atoms with Gasteiger partial charge in [-0.05, 0) is 55.3 Å². The summed E-state index contributed by atoms with van der Waals surface area (Å²) in [5.74, 6) is -0.0160. The van der Waals surface area contributed by atoms with Crippen LogP contribution in [-0.4, -0.2) is 39.9 Å². The normalized spacial score (nSPS) is 16.2. The van der Waals surface area contributed by atoms with Gasteiger partial charge in [0.25, 0.3) is 0 Å². The van der Waals surface area contributed by atoms with Crippen molar-refractivity contribution < 1.29 is 9.18 Å². The van der Waals surface area contributed by atoms with Crippen LogP contribution in [0.1, 0.15) is 12.0 Å². The highest BCUT2D eigenvalue weighted by atomic mass is 19.1. The average molecular weight is 380 g/mol. The molecule has 7 nitrogen and oxygen atoms in total. The van der Waals surface area contributed by atoms with Crippen LogP contribution in [0.4, 0.5) is 20.7 Å². The van der Waals surface area contributed by atoms with Crippen LogP contribution in [0.5, 0.6) is 0 Å². The minimum Gasteiger partial charge on any atom is -0.352 e. The number of carbonyl (C=O) groups is 1. The third-order valence-electron chi connectivity index (χ3n) is 4.79. The summed E-state index contributed by atoms with van der Waals surface area (Å²) >= 11 is 0. The molecule has 1 aliphatic heterocycles. The van der Waals surface area contributed by atoms with E-state index >= 15 is 0 Å². The first kappa shape index (κ1) is 18.0. The average Bonchev–Trinajstić information content (AvgIpc) is 3.36. The molecule has 1 fully saturated rings. The van der Waals surface area contributed by atoms with E-state index in [4.69, 9.17) is 0 Å². The summed E-state index contributed by atoms with van der Waals surface area (Å²) in [4.78, 5) is 18.3. The van der Waals surface area contributed by atoms with E-state index in [0.29, 0.717) is 18.9 Å². The van der Waals surface area contributed by atoms with E-state index in [1.165, 1.54) is 6.07 Å². The van der Waals surface area contributed by atoms with Crippen LogP contribution in [0.2, 0.25) is 0 Å². The van der Waals surface area contributed by atoms with Crippen LogP contribution >= 0.6 is 0 Å². The molecule has 28 heavy (non-hydrogen) atoms.